The van der Waals surface area contributed by atoms with E-state index in [4.69, 9.17) is 0 Å². The van der Waals surface area contributed by atoms with Crippen molar-refractivity contribution < 1.29 is 14.3 Å². The van der Waals surface area contributed by atoms with Gasteiger partial charge in [-0.15, -0.1) is 0 Å². The van der Waals surface area contributed by atoms with Crippen molar-refractivity contribution in [2.75, 3.05) is 19.6 Å². The summed E-state index contributed by atoms with van der Waals surface area (Å²) in [5.74, 6) is 0.150. The van der Waals surface area contributed by atoms with Crippen LogP contribution in [0, 0.1) is 18.2 Å². The van der Waals surface area contributed by atoms with Gasteiger partial charge >= 0.3 is 0 Å². The van der Waals surface area contributed by atoms with E-state index in [1.807, 2.05) is 13.0 Å². The van der Waals surface area contributed by atoms with Gasteiger partial charge in [0.15, 0.2) is 0 Å². The fourth-order valence-electron chi connectivity index (χ4n) is 5.42. The highest BCUT2D eigenvalue weighted by Gasteiger charge is 2.43. The zero-order valence-electron chi connectivity index (χ0n) is 17.0. The molecule has 4 nitrogen and oxygen atoms in total. The molecule has 5 heteroatoms. The Morgan fingerprint density at radius 1 is 1.14 bits per heavy atom. The van der Waals surface area contributed by atoms with E-state index in [1.54, 1.807) is 12.1 Å². The molecule has 1 N–H and O–H groups in total. The summed E-state index contributed by atoms with van der Waals surface area (Å²) in [4.78, 5) is 17.2. The van der Waals surface area contributed by atoms with Gasteiger partial charge in [-0.1, -0.05) is 6.07 Å². The van der Waals surface area contributed by atoms with Crippen LogP contribution in [-0.4, -0.2) is 52.6 Å². The van der Waals surface area contributed by atoms with Crippen LogP contribution in [0.15, 0.2) is 18.2 Å². The van der Waals surface area contributed by atoms with Gasteiger partial charge in [0.1, 0.15) is 5.82 Å². The molecule has 0 unspecified atom stereocenters. The number of rotatable bonds is 3. The molecule has 0 bridgehead atoms. The second-order valence-corrected chi connectivity index (χ2v) is 9.33. The zero-order chi connectivity index (χ0) is 19.7. The number of hydrogen-bond donors (Lipinski definition) is 1. The number of halogens is 1. The molecule has 1 saturated carbocycles. The first kappa shape index (κ1) is 19.8. The standard InChI is InChI=1S/C23H33FN2O2/c1-17-14-19(24)3-2-18(17)15-25-12-10-23(11-13-25)9-8-22(28)26(16-23)20-4-6-21(27)7-5-20/h2-3,14,20-21,27H,4-13,15-16H2,1H3. The minimum Gasteiger partial charge on any atom is -0.393 e. The van der Waals surface area contributed by atoms with Crippen LogP contribution in [0.4, 0.5) is 4.39 Å². The summed E-state index contributed by atoms with van der Waals surface area (Å²) >= 11 is 0. The lowest BCUT2D eigenvalue weighted by molar-refractivity contribution is -0.143. The summed E-state index contributed by atoms with van der Waals surface area (Å²) in [5.41, 5.74) is 2.49. The van der Waals surface area contributed by atoms with Gasteiger partial charge in [-0.2, -0.15) is 0 Å². The third-order valence-electron chi connectivity index (χ3n) is 7.42. The molecule has 1 aromatic rings. The van der Waals surface area contributed by atoms with Crippen LogP contribution in [0.1, 0.15) is 62.5 Å². The molecule has 3 aliphatic rings. The molecule has 0 radical (unpaired) electrons. The highest BCUT2D eigenvalue weighted by atomic mass is 19.1. The molecule has 1 aliphatic carbocycles. The van der Waals surface area contributed by atoms with Gasteiger partial charge in [-0.3, -0.25) is 9.69 Å². The zero-order valence-corrected chi connectivity index (χ0v) is 17.0. The Balaban J connectivity index is 1.35. The summed E-state index contributed by atoms with van der Waals surface area (Å²) < 4.78 is 13.3. The SMILES string of the molecule is Cc1cc(F)ccc1CN1CCC2(CCC(=O)N(C3CCC(O)CC3)C2)CC1. The summed E-state index contributed by atoms with van der Waals surface area (Å²) in [6.07, 6.45) is 7.31. The van der Waals surface area contributed by atoms with Crippen molar-refractivity contribution in [3.05, 3.63) is 35.1 Å². The molecule has 0 atom stereocenters. The highest BCUT2D eigenvalue weighted by molar-refractivity contribution is 5.77. The predicted octanol–water partition coefficient (Wildman–Crippen LogP) is 3.64. The molecule has 1 amide bonds. The maximum absolute atomic E-state index is 13.3. The maximum Gasteiger partial charge on any atom is 0.222 e. The fraction of sp³-hybridized carbons (Fsp3) is 0.696. The van der Waals surface area contributed by atoms with Gasteiger partial charge in [0, 0.05) is 25.6 Å². The van der Waals surface area contributed by atoms with Gasteiger partial charge in [0.25, 0.3) is 0 Å². The summed E-state index contributed by atoms with van der Waals surface area (Å²) in [5, 5.41) is 9.79. The van der Waals surface area contributed by atoms with Gasteiger partial charge in [-0.25, -0.2) is 4.39 Å². The minimum absolute atomic E-state index is 0.166. The first-order valence-electron chi connectivity index (χ1n) is 10.9. The Bertz CT molecular complexity index is 707. The molecule has 2 saturated heterocycles. The van der Waals surface area contributed by atoms with E-state index >= 15 is 0 Å². The molecule has 2 heterocycles. The molecule has 2 aliphatic heterocycles. The number of likely N-dealkylation sites (tertiary alicyclic amines) is 2. The number of piperidine rings is 2. The van der Waals surface area contributed by atoms with E-state index in [2.05, 4.69) is 9.80 Å². The lowest BCUT2D eigenvalue weighted by Gasteiger charge is -2.50. The van der Waals surface area contributed by atoms with E-state index in [-0.39, 0.29) is 17.3 Å². The van der Waals surface area contributed by atoms with Crippen LogP contribution in [0.3, 0.4) is 0 Å². The highest BCUT2D eigenvalue weighted by Crippen LogP contribution is 2.42. The number of aliphatic hydroxyl groups is 1. The molecule has 1 aromatic carbocycles. The number of amides is 1. The van der Waals surface area contributed by atoms with E-state index in [0.717, 1.165) is 76.7 Å². The van der Waals surface area contributed by atoms with Crippen molar-refractivity contribution >= 4 is 5.91 Å². The van der Waals surface area contributed by atoms with Crippen LogP contribution in [0.5, 0.6) is 0 Å². The van der Waals surface area contributed by atoms with Crippen molar-refractivity contribution in [2.24, 2.45) is 5.41 Å². The quantitative estimate of drug-likeness (QED) is 0.860. The Kier molecular flexibility index (Phi) is 5.75. The topological polar surface area (TPSA) is 43.8 Å². The molecule has 1 spiro atoms. The fourth-order valence-corrected chi connectivity index (χ4v) is 5.42. The lowest BCUT2D eigenvalue weighted by atomic mass is 9.71. The van der Waals surface area contributed by atoms with Gasteiger partial charge in [0.05, 0.1) is 6.10 Å². The largest absolute Gasteiger partial charge is 0.393 e. The van der Waals surface area contributed by atoms with Crippen molar-refractivity contribution in [1.29, 1.82) is 0 Å². The second kappa shape index (κ2) is 8.11. The van der Waals surface area contributed by atoms with Crippen molar-refractivity contribution in [1.82, 2.24) is 9.80 Å². The van der Waals surface area contributed by atoms with E-state index in [9.17, 15) is 14.3 Å². The first-order valence-corrected chi connectivity index (χ1v) is 10.9. The van der Waals surface area contributed by atoms with Gasteiger partial charge in [0.2, 0.25) is 5.91 Å². The third kappa shape index (κ3) is 4.25. The van der Waals surface area contributed by atoms with E-state index < -0.39 is 0 Å². The van der Waals surface area contributed by atoms with Crippen molar-refractivity contribution in [3.63, 3.8) is 0 Å². The number of hydrogen-bond acceptors (Lipinski definition) is 3. The summed E-state index contributed by atoms with van der Waals surface area (Å²) in [6.45, 7) is 5.85. The van der Waals surface area contributed by atoms with Crippen LogP contribution in [-0.2, 0) is 11.3 Å². The van der Waals surface area contributed by atoms with Crippen molar-refractivity contribution in [3.8, 4) is 0 Å². The lowest BCUT2D eigenvalue weighted by Crippen LogP contribution is -2.55. The number of aryl methyl sites for hydroxylation is 1. The van der Waals surface area contributed by atoms with Crippen LogP contribution >= 0.6 is 0 Å². The van der Waals surface area contributed by atoms with Crippen molar-refractivity contribution in [2.45, 2.75) is 77.0 Å². The number of carbonyl (C=O) groups is 1. The maximum atomic E-state index is 13.3. The number of benzene rings is 1. The third-order valence-corrected chi connectivity index (χ3v) is 7.42. The Labute approximate surface area is 167 Å². The summed E-state index contributed by atoms with van der Waals surface area (Å²) in [6, 6.07) is 5.41. The molecule has 154 valence electrons. The first-order chi connectivity index (χ1) is 13.4. The predicted molar refractivity (Wildman–Crippen MR) is 107 cm³/mol. The molecule has 3 fully saturated rings. The Morgan fingerprint density at radius 2 is 1.86 bits per heavy atom. The number of aliphatic hydroxyl groups excluding tert-OH is 1. The molecule has 0 aromatic heterocycles. The van der Waals surface area contributed by atoms with Gasteiger partial charge in [-0.05, 0) is 93.6 Å². The second-order valence-electron chi connectivity index (χ2n) is 9.33. The monoisotopic (exact) mass is 388 g/mol. The molecule has 4 rings (SSSR count). The molecular formula is C23H33FN2O2. The molecule has 28 heavy (non-hydrogen) atoms. The normalized spacial score (nSPS) is 28.7. The Morgan fingerprint density at radius 3 is 2.54 bits per heavy atom. The Hall–Kier alpha value is -1.46. The molecular weight excluding hydrogens is 355 g/mol. The van der Waals surface area contributed by atoms with E-state index in [0.29, 0.717) is 18.4 Å². The smallest absolute Gasteiger partial charge is 0.222 e. The minimum atomic E-state index is -0.178. The van der Waals surface area contributed by atoms with Crippen LogP contribution in [0.2, 0.25) is 0 Å². The number of nitrogens with zero attached hydrogens (tertiary/aromatic N) is 2. The average Bonchev–Trinajstić information content (AvgIpc) is 2.69. The number of carbonyl (C=O) groups excluding carboxylic acids is 1. The van der Waals surface area contributed by atoms with Gasteiger partial charge < -0.3 is 10.0 Å². The van der Waals surface area contributed by atoms with Crippen LogP contribution < -0.4 is 0 Å². The van der Waals surface area contributed by atoms with Crippen LogP contribution in [0.25, 0.3) is 0 Å². The van der Waals surface area contributed by atoms with E-state index in [1.165, 1.54) is 5.56 Å². The summed E-state index contributed by atoms with van der Waals surface area (Å²) in [7, 11) is 0. The average molecular weight is 389 g/mol.